The second-order valence-electron chi connectivity index (χ2n) is 4.22. The van der Waals surface area contributed by atoms with Crippen molar-refractivity contribution in [1.29, 1.82) is 0 Å². The molecule has 1 N–H and O–H groups in total. The van der Waals surface area contributed by atoms with E-state index in [2.05, 4.69) is 15.9 Å². The first kappa shape index (κ1) is 14.9. The Morgan fingerprint density at radius 2 is 2.05 bits per heavy atom. The molecule has 1 aromatic heterocycles. The molecule has 108 valence electrons. The molecule has 0 saturated heterocycles. The van der Waals surface area contributed by atoms with Crippen LogP contribution in [0.3, 0.4) is 0 Å². The molecule has 0 fully saturated rings. The van der Waals surface area contributed by atoms with Gasteiger partial charge in [0.1, 0.15) is 0 Å². The minimum absolute atomic E-state index is 0.00682. The number of carboxylic acids is 1. The molecule has 8 heteroatoms. The van der Waals surface area contributed by atoms with Crippen LogP contribution in [0.4, 0.5) is 5.69 Å². The maximum absolute atomic E-state index is 11.7. The van der Waals surface area contributed by atoms with Crippen molar-refractivity contribution in [2.24, 2.45) is 0 Å². The van der Waals surface area contributed by atoms with E-state index in [-0.39, 0.29) is 23.4 Å². The SMILES string of the molecule is O=C(O)c1ccc(=O)n(Cc2ccc([N+](=O)[O-])cc2Br)c1. The minimum atomic E-state index is -1.13. The van der Waals surface area contributed by atoms with Crippen LogP contribution in [0.15, 0.2) is 45.8 Å². The van der Waals surface area contributed by atoms with E-state index in [0.29, 0.717) is 10.0 Å². The van der Waals surface area contributed by atoms with Gasteiger partial charge in [-0.2, -0.15) is 0 Å². The van der Waals surface area contributed by atoms with Crippen molar-refractivity contribution in [3.05, 3.63) is 72.6 Å². The van der Waals surface area contributed by atoms with E-state index in [1.807, 2.05) is 0 Å². The van der Waals surface area contributed by atoms with Crippen LogP contribution in [0.1, 0.15) is 15.9 Å². The normalized spacial score (nSPS) is 10.3. The molecule has 0 unspecified atom stereocenters. The number of nitrogens with zero attached hydrogens (tertiary/aromatic N) is 2. The third-order valence-corrected chi connectivity index (χ3v) is 3.56. The largest absolute Gasteiger partial charge is 0.478 e. The van der Waals surface area contributed by atoms with E-state index in [4.69, 9.17) is 5.11 Å². The van der Waals surface area contributed by atoms with Crippen molar-refractivity contribution in [1.82, 2.24) is 4.57 Å². The fraction of sp³-hybridized carbons (Fsp3) is 0.0769. The van der Waals surface area contributed by atoms with Gasteiger partial charge in [0.25, 0.3) is 11.2 Å². The molecule has 0 radical (unpaired) electrons. The molecule has 0 saturated carbocycles. The molecular weight excluding hydrogens is 344 g/mol. The Bertz CT molecular complexity index is 784. The lowest BCUT2D eigenvalue weighted by Crippen LogP contribution is -2.20. The number of benzene rings is 1. The van der Waals surface area contributed by atoms with Gasteiger partial charge in [-0.05, 0) is 17.7 Å². The highest BCUT2D eigenvalue weighted by Gasteiger charge is 2.11. The van der Waals surface area contributed by atoms with Crippen LogP contribution in [0.5, 0.6) is 0 Å². The number of pyridine rings is 1. The Hall–Kier alpha value is -2.48. The van der Waals surface area contributed by atoms with Crippen LogP contribution in [0, 0.1) is 10.1 Å². The van der Waals surface area contributed by atoms with Crippen LogP contribution >= 0.6 is 15.9 Å². The molecule has 0 atom stereocenters. The van der Waals surface area contributed by atoms with E-state index in [1.165, 1.54) is 41.1 Å². The molecule has 0 amide bonds. The van der Waals surface area contributed by atoms with Crippen molar-refractivity contribution >= 4 is 27.6 Å². The molecule has 7 nitrogen and oxygen atoms in total. The van der Waals surface area contributed by atoms with Crippen molar-refractivity contribution in [2.75, 3.05) is 0 Å². The molecular formula is C13H9BrN2O5. The van der Waals surface area contributed by atoms with Crippen molar-refractivity contribution in [2.45, 2.75) is 6.54 Å². The zero-order valence-electron chi connectivity index (χ0n) is 10.5. The van der Waals surface area contributed by atoms with Gasteiger partial charge in [0.2, 0.25) is 0 Å². The highest BCUT2D eigenvalue weighted by atomic mass is 79.9. The summed E-state index contributed by atoms with van der Waals surface area (Å²) in [4.78, 5) is 32.8. The van der Waals surface area contributed by atoms with Gasteiger partial charge >= 0.3 is 5.97 Å². The predicted octanol–water partition coefficient (Wildman–Crippen LogP) is 2.27. The van der Waals surface area contributed by atoms with Gasteiger partial charge in [0.05, 0.1) is 17.0 Å². The Morgan fingerprint density at radius 1 is 1.33 bits per heavy atom. The third kappa shape index (κ3) is 3.34. The fourth-order valence-corrected chi connectivity index (χ4v) is 2.24. The first-order valence-electron chi connectivity index (χ1n) is 5.75. The van der Waals surface area contributed by atoms with Crippen LogP contribution in [-0.2, 0) is 6.54 Å². The number of halogens is 1. The van der Waals surface area contributed by atoms with Crippen molar-refractivity contribution in [3.63, 3.8) is 0 Å². The number of hydrogen-bond donors (Lipinski definition) is 1. The maximum Gasteiger partial charge on any atom is 0.337 e. The molecule has 0 aliphatic carbocycles. The molecule has 0 aliphatic rings. The van der Waals surface area contributed by atoms with Crippen LogP contribution in [0.25, 0.3) is 0 Å². The number of nitro benzene ring substituents is 1. The fourth-order valence-electron chi connectivity index (χ4n) is 1.74. The molecule has 0 spiro atoms. The Balaban J connectivity index is 2.38. The molecule has 0 aliphatic heterocycles. The summed E-state index contributed by atoms with van der Waals surface area (Å²) < 4.78 is 1.71. The number of hydrogen-bond acceptors (Lipinski definition) is 4. The van der Waals surface area contributed by atoms with Gasteiger partial charge < -0.3 is 9.67 Å². The quantitative estimate of drug-likeness (QED) is 0.671. The van der Waals surface area contributed by atoms with E-state index in [0.717, 1.165) is 0 Å². The van der Waals surface area contributed by atoms with Gasteiger partial charge in [-0.25, -0.2) is 4.79 Å². The second kappa shape index (κ2) is 5.88. The summed E-state index contributed by atoms with van der Waals surface area (Å²) in [6.45, 7) is 0.110. The van der Waals surface area contributed by atoms with E-state index in [1.54, 1.807) is 0 Å². The zero-order chi connectivity index (χ0) is 15.6. The van der Waals surface area contributed by atoms with Gasteiger partial charge in [-0.1, -0.05) is 15.9 Å². The first-order chi connectivity index (χ1) is 9.88. The van der Waals surface area contributed by atoms with Crippen molar-refractivity contribution in [3.8, 4) is 0 Å². The smallest absolute Gasteiger partial charge is 0.337 e. The standard InChI is InChI=1S/C13H9BrN2O5/c14-11-5-10(16(20)21)3-1-8(11)6-15-7-9(13(18)19)2-4-12(15)17/h1-5,7H,6H2,(H,18,19). The number of rotatable bonds is 4. The Morgan fingerprint density at radius 3 is 2.62 bits per heavy atom. The number of nitro groups is 1. The lowest BCUT2D eigenvalue weighted by Gasteiger charge is -2.08. The zero-order valence-corrected chi connectivity index (χ0v) is 12.1. The second-order valence-corrected chi connectivity index (χ2v) is 5.08. The molecule has 2 aromatic rings. The predicted molar refractivity (Wildman–Crippen MR) is 77.6 cm³/mol. The lowest BCUT2D eigenvalue weighted by molar-refractivity contribution is -0.384. The molecule has 1 heterocycles. The molecule has 0 bridgehead atoms. The summed E-state index contributed by atoms with van der Waals surface area (Å²) in [5.41, 5.74) is 0.195. The third-order valence-electron chi connectivity index (χ3n) is 2.82. The Labute approximate surface area is 126 Å². The maximum atomic E-state index is 11.7. The minimum Gasteiger partial charge on any atom is -0.478 e. The molecule has 2 rings (SSSR count). The lowest BCUT2D eigenvalue weighted by atomic mass is 10.2. The number of carbonyl (C=O) groups is 1. The topological polar surface area (TPSA) is 102 Å². The van der Waals surface area contributed by atoms with Gasteiger partial charge in [-0.3, -0.25) is 14.9 Å². The van der Waals surface area contributed by atoms with Crippen LogP contribution in [0.2, 0.25) is 0 Å². The summed E-state index contributed by atoms with van der Waals surface area (Å²) in [7, 11) is 0. The average Bonchev–Trinajstić information content (AvgIpc) is 2.42. The van der Waals surface area contributed by atoms with E-state index in [9.17, 15) is 19.7 Å². The summed E-state index contributed by atoms with van der Waals surface area (Å²) in [5, 5.41) is 19.6. The van der Waals surface area contributed by atoms with Gasteiger partial charge in [0, 0.05) is 28.9 Å². The summed E-state index contributed by atoms with van der Waals surface area (Å²) in [6, 6.07) is 6.57. The summed E-state index contributed by atoms with van der Waals surface area (Å²) in [5.74, 6) is -1.13. The highest BCUT2D eigenvalue weighted by molar-refractivity contribution is 9.10. The van der Waals surface area contributed by atoms with Crippen molar-refractivity contribution < 1.29 is 14.8 Å². The number of aromatic carboxylic acids is 1. The number of non-ortho nitro benzene ring substituents is 1. The van der Waals surface area contributed by atoms with Crippen LogP contribution in [-0.4, -0.2) is 20.6 Å². The Kier molecular flexibility index (Phi) is 4.18. The van der Waals surface area contributed by atoms with E-state index >= 15 is 0 Å². The first-order valence-corrected chi connectivity index (χ1v) is 6.54. The molecule has 1 aromatic carbocycles. The highest BCUT2D eigenvalue weighted by Crippen LogP contribution is 2.23. The van der Waals surface area contributed by atoms with Gasteiger partial charge in [-0.15, -0.1) is 0 Å². The molecule has 21 heavy (non-hydrogen) atoms. The van der Waals surface area contributed by atoms with E-state index < -0.39 is 10.9 Å². The monoisotopic (exact) mass is 352 g/mol. The summed E-state index contributed by atoms with van der Waals surface area (Å²) >= 11 is 3.21. The summed E-state index contributed by atoms with van der Waals surface area (Å²) in [6.07, 6.45) is 1.23. The number of aromatic nitrogens is 1. The average molecular weight is 353 g/mol. The number of carboxylic acid groups (broad SMARTS) is 1. The van der Waals surface area contributed by atoms with Crippen LogP contribution < -0.4 is 5.56 Å². The van der Waals surface area contributed by atoms with Gasteiger partial charge in [0.15, 0.2) is 0 Å².